The molecule has 0 aliphatic rings. The molecule has 0 spiro atoms. The first-order valence-electron chi connectivity index (χ1n) is 8.30. The smallest absolute Gasteiger partial charge is 0.337 e. The van der Waals surface area contributed by atoms with Gasteiger partial charge in [-0.25, -0.2) is 4.79 Å². The van der Waals surface area contributed by atoms with Crippen molar-refractivity contribution in [3.63, 3.8) is 0 Å². The minimum Gasteiger partial charge on any atom is -0.465 e. The first-order chi connectivity index (χ1) is 13.1. The molecule has 8 heteroatoms. The number of hydrogen-bond donors (Lipinski definition) is 2. The molecule has 27 heavy (non-hydrogen) atoms. The van der Waals surface area contributed by atoms with Crippen LogP contribution in [0.5, 0.6) is 0 Å². The highest BCUT2D eigenvalue weighted by Crippen LogP contribution is 2.26. The number of para-hydroxylation sites is 1. The Bertz CT molecular complexity index is 964. The highest BCUT2D eigenvalue weighted by atomic mass is 35.5. The molecule has 2 N–H and O–H groups in total. The molecule has 0 unspecified atom stereocenters. The van der Waals surface area contributed by atoms with Crippen LogP contribution in [0.3, 0.4) is 0 Å². The van der Waals surface area contributed by atoms with Gasteiger partial charge in [0.1, 0.15) is 0 Å². The third kappa shape index (κ3) is 4.51. The van der Waals surface area contributed by atoms with E-state index in [1.807, 2.05) is 24.3 Å². The molecule has 0 saturated heterocycles. The topological polar surface area (TPSA) is 89.0 Å². The summed E-state index contributed by atoms with van der Waals surface area (Å²) in [4.78, 5) is 16.1. The maximum atomic E-state index is 11.7. The molecule has 1 heterocycles. The van der Waals surface area contributed by atoms with Gasteiger partial charge in [-0.3, -0.25) is 0 Å². The summed E-state index contributed by atoms with van der Waals surface area (Å²) in [6.45, 7) is 2.08. The van der Waals surface area contributed by atoms with Gasteiger partial charge in [0.2, 0.25) is 5.95 Å². The number of benzene rings is 2. The van der Waals surface area contributed by atoms with Crippen molar-refractivity contribution < 1.29 is 9.53 Å². The second-order valence-corrected chi connectivity index (χ2v) is 6.02. The van der Waals surface area contributed by atoms with Crippen molar-refractivity contribution in [3.8, 4) is 0 Å². The van der Waals surface area contributed by atoms with Crippen molar-refractivity contribution in [2.24, 2.45) is 0 Å². The SMILES string of the molecule is CCc1ccccc1Nc1nncc(Nc2cc(C(=O)OC)ccc2Cl)n1. The van der Waals surface area contributed by atoms with Crippen LogP contribution in [-0.4, -0.2) is 28.3 Å². The molecule has 0 saturated carbocycles. The Labute approximate surface area is 161 Å². The number of hydrogen-bond acceptors (Lipinski definition) is 7. The van der Waals surface area contributed by atoms with Gasteiger partial charge in [0.25, 0.3) is 0 Å². The predicted molar refractivity (Wildman–Crippen MR) is 105 cm³/mol. The number of rotatable bonds is 6. The summed E-state index contributed by atoms with van der Waals surface area (Å²) in [5.41, 5.74) is 2.96. The average Bonchev–Trinajstić information content (AvgIpc) is 2.70. The third-order valence-corrected chi connectivity index (χ3v) is 4.18. The molecule has 0 amide bonds. The van der Waals surface area contributed by atoms with Crippen molar-refractivity contribution >= 4 is 40.7 Å². The van der Waals surface area contributed by atoms with Gasteiger partial charge < -0.3 is 15.4 Å². The standard InChI is InChI=1S/C19H18ClN5O2/c1-3-12-6-4-5-7-15(12)23-19-24-17(11-21-25-19)22-16-10-13(18(26)27-2)8-9-14(16)20/h4-11H,3H2,1-2H3,(H2,22,23,24,25). The maximum Gasteiger partial charge on any atom is 0.337 e. The number of halogens is 1. The molecule has 138 valence electrons. The summed E-state index contributed by atoms with van der Waals surface area (Å²) < 4.78 is 4.73. The van der Waals surface area contributed by atoms with Crippen molar-refractivity contribution in [1.29, 1.82) is 0 Å². The molecule has 7 nitrogen and oxygen atoms in total. The van der Waals surface area contributed by atoms with Gasteiger partial charge in [0, 0.05) is 5.69 Å². The van der Waals surface area contributed by atoms with E-state index in [1.165, 1.54) is 13.3 Å². The zero-order valence-electron chi connectivity index (χ0n) is 14.9. The number of ether oxygens (including phenoxy) is 1. The van der Waals surface area contributed by atoms with Gasteiger partial charge in [-0.15, -0.1) is 5.10 Å². The Hall–Kier alpha value is -3.19. The predicted octanol–water partition coefficient (Wildman–Crippen LogP) is 4.36. The number of methoxy groups -OCH3 is 1. The zero-order valence-corrected chi connectivity index (χ0v) is 15.6. The quantitative estimate of drug-likeness (QED) is 0.611. The van der Waals surface area contributed by atoms with Gasteiger partial charge in [-0.05, 0) is 36.2 Å². The molecule has 3 aromatic rings. The number of aryl methyl sites for hydroxylation is 1. The van der Waals surface area contributed by atoms with Crippen LogP contribution < -0.4 is 10.6 Å². The second kappa shape index (κ2) is 8.46. The zero-order chi connectivity index (χ0) is 19.2. The molecule has 0 atom stereocenters. The molecule has 0 aliphatic heterocycles. The number of aromatic nitrogens is 3. The fourth-order valence-corrected chi connectivity index (χ4v) is 2.66. The monoisotopic (exact) mass is 383 g/mol. The third-order valence-electron chi connectivity index (χ3n) is 3.85. The lowest BCUT2D eigenvalue weighted by Crippen LogP contribution is -2.05. The van der Waals surface area contributed by atoms with Crippen LogP contribution >= 0.6 is 11.6 Å². The van der Waals surface area contributed by atoms with E-state index in [-0.39, 0.29) is 0 Å². The van der Waals surface area contributed by atoms with Crippen LogP contribution in [0, 0.1) is 0 Å². The van der Waals surface area contributed by atoms with Gasteiger partial charge >= 0.3 is 5.97 Å². The van der Waals surface area contributed by atoms with E-state index in [9.17, 15) is 4.79 Å². The van der Waals surface area contributed by atoms with E-state index in [1.54, 1.807) is 18.2 Å². The van der Waals surface area contributed by atoms with Crippen molar-refractivity contribution in [2.45, 2.75) is 13.3 Å². The van der Waals surface area contributed by atoms with Crippen molar-refractivity contribution in [3.05, 3.63) is 64.8 Å². The van der Waals surface area contributed by atoms with E-state index < -0.39 is 5.97 Å². The van der Waals surface area contributed by atoms with Gasteiger partial charge in [-0.1, -0.05) is 36.7 Å². The van der Waals surface area contributed by atoms with Crippen LogP contribution in [0.25, 0.3) is 0 Å². The normalized spacial score (nSPS) is 10.3. The fourth-order valence-electron chi connectivity index (χ4n) is 2.49. The highest BCUT2D eigenvalue weighted by molar-refractivity contribution is 6.33. The Balaban J connectivity index is 1.83. The van der Waals surface area contributed by atoms with Crippen LogP contribution in [0.15, 0.2) is 48.7 Å². The lowest BCUT2D eigenvalue weighted by Gasteiger charge is -2.11. The van der Waals surface area contributed by atoms with Crippen molar-refractivity contribution in [2.75, 3.05) is 17.7 Å². The van der Waals surface area contributed by atoms with Crippen LogP contribution in [0.4, 0.5) is 23.1 Å². The molecule has 0 fully saturated rings. The molecule has 3 rings (SSSR count). The van der Waals surface area contributed by atoms with E-state index in [4.69, 9.17) is 16.3 Å². The lowest BCUT2D eigenvalue weighted by atomic mass is 10.1. The number of carbonyl (C=O) groups excluding carboxylic acids is 1. The summed E-state index contributed by atoms with van der Waals surface area (Å²) in [5, 5.41) is 14.6. The summed E-state index contributed by atoms with van der Waals surface area (Å²) in [5.74, 6) is 0.334. The summed E-state index contributed by atoms with van der Waals surface area (Å²) >= 11 is 6.21. The molecular formula is C19H18ClN5O2. The fraction of sp³-hybridized carbons (Fsp3) is 0.158. The van der Waals surface area contributed by atoms with Gasteiger partial charge in [-0.2, -0.15) is 10.1 Å². The van der Waals surface area contributed by atoms with Gasteiger partial charge in [0.05, 0.1) is 29.6 Å². The summed E-state index contributed by atoms with van der Waals surface area (Å²) in [7, 11) is 1.32. The first kappa shape index (κ1) is 18.6. The number of nitrogens with one attached hydrogen (secondary N) is 2. The molecule has 2 aromatic carbocycles. The largest absolute Gasteiger partial charge is 0.465 e. The maximum absolute atomic E-state index is 11.7. The minimum atomic E-state index is -0.450. The van der Waals surface area contributed by atoms with Crippen LogP contribution in [0.1, 0.15) is 22.8 Å². The van der Waals surface area contributed by atoms with Crippen LogP contribution in [-0.2, 0) is 11.2 Å². The van der Waals surface area contributed by atoms with Crippen molar-refractivity contribution in [1.82, 2.24) is 15.2 Å². The van der Waals surface area contributed by atoms with E-state index in [0.29, 0.717) is 28.0 Å². The molecule has 1 aromatic heterocycles. The van der Waals surface area contributed by atoms with E-state index >= 15 is 0 Å². The second-order valence-electron chi connectivity index (χ2n) is 5.61. The number of nitrogens with zero attached hydrogens (tertiary/aromatic N) is 3. The Morgan fingerprint density at radius 1 is 1.15 bits per heavy atom. The summed E-state index contributed by atoms with van der Waals surface area (Å²) in [6.07, 6.45) is 2.35. The number of anilines is 4. The van der Waals surface area contributed by atoms with Crippen LogP contribution in [0.2, 0.25) is 5.02 Å². The Morgan fingerprint density at radius 3 is 2.74 bits per heavy atom. The Morgan fingerprint density at radius 2 is 1.96 bits per heavy atom. The molecule has 0 radical (unpaired) electrons. The molecular weight excluding hydrogens is 366 g/mol. The van der Waals surface area contributed by atoms with Gasteiger partial charge in [0.15, 0.2) is 5.82 Å². The average molecular weight is 384 g/mol. The Kier molecular flexibility index (Phi) is 5.83. The number of esters is 1. The van der Waals surface area contributed by atoms with E-state index in [0.717, 1.165) is 17.7 Å². The lowest BCUT2D eigenvalue weighted by molar-refractivity contribution is 0.0601. The van der Waals surface area contributed by atoms with E-state index in [2.05, 4.69) is 32.7 Å². The minimum absolute atomic E-state index is 0.348. The molecule has 0 aliphatic carbocycles. The number of carbonyl (C=O) groups is 1. The first-order valence-corrected chi connectivity index (χ1v) is 8.68. The summed E-state index contributed by atoms with van der Waals surface area (Å²) in [6, 6.07) is 12.7. The molecule has 0 bridgehead atoms. The highest BCUT2D eigenvalue weighted by Gasteiger charge is 2.11.